The summed E-state index contributed by atoms with van der Waals surface area (Å²) in [5, 5.41) is 4.60. The van der Waals surface area contributed by atoms with E-state index >= 15 is 0 Å². The number of carbonyl (C=O) groups is 3. The van der Waals surface area contributed by atoms with Crippen LogP contribution in [0, 0.1) is 23.3 Å². The Hall–Kier alpha value is -4.42. The van der Waals surface area contributed by atoms with Gasteiger partial charge in [-0.3, -0.25) is 14.4 Å². The summed E-state index contributed by atoms with van der Waals surface area (Å²) >= 11 is 0. The predicted molar refractivity (Wildman–Crippen MR) is 142 cm³/mol. The summed E-state index contributed by atoms with van der Waals surface area (Å²) in [6, 6.07) is 5.50. The zero-order chi connectivity index (χ0) is 31.6. The third-order valence-corrected chi connectivity index (χ3v) is 7.01. The Labute approximate surface area is 241 Å². The van der Waals surface area contributed by atoms with Gasteiger partial charge < -0.3 is 15.5 Å². The van der Waals surface area contributed by atoms with Crippen molar-refractivity contribution >= 4 is 23.4 Å². The Morgan fingerprint density at radius 1 is 0.953 bits per heavy atom. The molecule has 0 saturated carbocycles. The summed E-state index contributed by atoms with van der Waals surface area (Å²) in [7, 11) is 0. The minimum Gasteiger partial charge on any atom is -0.342 e. The van der Waals surface area contributed by atoms with Gasteiger partial charge >= 0.3 is 6.18 Å². The van der Waals surface area contributed by atoms with E-state index in [0.717, 1.165) is 23.1 Å². The van der Waals surface area contributed by atoms with Crippen molar-refractivity contribution < 1.29 is 45.1 Å². The van der Waals surface area contributed by atoms with Gasteiger partial charge in [-0.15, -0.1) is 0 Å². The number of hydrogen-bond donors (Lipinski definition) is 2. The van der Waals surface area contributed by atoms with E-state index in [0.29, 0.717) is 12.1 Å². The first kappa shape index (κ1) is 31.5. The highest BCUT2D eigenvalue weighted by molar-refractivity contribution is 6.03. The molecule has 0 aliphatic carbocycles. The van der Waals surface area contributed by atoms with Gasteiger partial charge in [-0.05, 0) is 50.5 Å². The van der Waals surface area contributed by atoms with E-state index < -0.39 is 94.1 Å². The number of rotatable bonds is 7. The van der Waals surface area contributed by atoms with E-state index in [2.05, 4.69) is 10.6 Å². The fraction of sp³-hybridized carbons (Fsp3) is 0.300. The highest BCUT2D eigenvalue weighted by Crippen LogP contribution is 2.35. The van der Waals surface area contributed by atoms with E-state index in [1.165, 1.54) is 38.1 Å². The summed E-state index contributed by atoms with van der Waals surface area (Å²) in [4.78, 5) is 41.0. The normalized spacial score (nSPS) is 16.0. The van der Waals surface area contributed by atoms with Gasteiger partial charge in [0.05, 0.1) is 16.8 Å². The lowest BCUT2D eigenvalue weighted by Crippen LogP contribution is -2.55. The Kier molecular flexibility index (Phi) is 9.12. The molecule has 0 aromatic heterocycles. The Morgan fingerprint density at radius 3 is 2.26 bits per heavy atom. The third kappa shape index (κ3) is 6.65. The molecule has 13 heteroatoms. The number of benzene rings is 3. The standard InChI is InChI=1S/C30H26F7N3O3/c1-15(2)40-26-18(25(34)21(32)14-22(26)33)11-12-23(29(40)43)38-28(42)24(13-16-7-3-6-10-20(16)31)39-27(41)17-8-4-5-9-19(17)30(35,36)37/h3-10,14-15,23-24H,11-13H2,1-2H3,(H,38,42)(H,39,41)/t23-,24-/m1/s1. The fourth-order valence-corrected chi connectivity index (χ4v) is 4.99. The number of fused-ring (bicyclic) bond motifs is 1. The molecule has 0 saturated heterocycles. The van der Waals surface area contributed by atoms with Gasteiger partial charge in [-0.2, -0.15) is 13.2 Å². The highest BCUT2D eigenvalue weighted by atomic mass is 19.4. The number of halogens is 7. The van der Waals surface area contributed by atoms with Gasteiger partial charge in [0.25, 0.3) is 5.91 Å². The Balaban J connectivity index is 1.67. The molecule has 228 valence electrons. The van der Waals surface area contributed by atoms with Crippen LogP contribution in [0.3, 0.4) is 0 Å². The second-order valence-electron chi connectivity index (χ2n) is 10.2. The largest absolute Gasteiger partial charge is 0.417 e. The van der Waals surface area contributed by atoms with Crippen molar-refractivity contribution in [2.45, 2.75) is 57.4 Å². The van der Waals surface area contributed by atoms with Gasteiger partial charge in [0.15, 0.2) is 11.6 Å². The zero-order valence-corrected chi connectivity index (χ0v) is 22.9. The van der Waals surface area contributed by atoms with Crippen molar-refractivity contribution in [3.8, 4) is 0 Å². The molecule has 0 fully saturated rings. The molecule has 2 atom stereocenters. The molecular formula is C30H26F7N3O3. The monoisotopic (exact) mass is 609 g/mol. The molecule has 2 N–H and O–H groups in total. The molecule has 0 spiro atoms. The quantitative estimate of drug-likeness (QED) is 0.275. The van der Waals surface area contributed by atoms with Crippen LogP contribution in [0.25, 0.3) is 0 Å². The van der Waals surface area contributed by atoms with E-state index in [9.17, 15) is 45.1 Å². The number of nitrogens with one attached hydrogen (secondary N) is 2. The summed E-state index contributed by atoms with van der Waals surface area (Å²) in [6.07, 6.45) is -6.08. The van der Waals surface area contributed by atoms with Crippen LogP contribution in [-0.4, -0.2) is 35.8 Å². The second-order valence-corrected chi connectivity index (χ2v) is 10.2. The molecule has 1 heterocycles. The lowest BCUT2D eigenvalue weighted by atomic mass is 10.0. The molecule has 0 unspecified atom stereocenters. The van der Waals surface area contributed by atoms with Crippen molar-refractivity contribution in [3.63, 3.8) is 0 Å². The van der Waals surface area contributed by atoms with E-state index in [1.54, 1.807) is 0 Å². The van der Waals surface area contributed by atoms with Crippen LogP contribution >= 0.6 is 0 Å². The maximum Gasteiger partial charge on any atom is 0.417 e. The van der Waals surface area contributed by atoms with Gasteiger partial charge in [0, 0.05) is 24.1 Å². The first-order valence-electron chi connectivity index (χ1n) is 13.2. The molecule has 43 heavy (non-hydrogen) atoms. The first-order chi connectivity index (χ1) is 20.2. The summed E-state index contributed by atoms with van der Waals surface area (Å²) in [5.41, 5.74) is -3.00. The van der Waals surface area contributed by atoms with Crippen molar-refractivity contribution in [1.29, 1.82) is 0 Å². The molecule has 3 aromatic carbocycles. The number of alkyl halides is 3. The average Bonchev–Trinajstić information content (AvgIpc) is 3.08. The molecule has 1 aliphatic heterocycles. The van der Waals surface area contributed by atoms with Gasteiger partial charge in [0.1, 0.15) is 23.7 Å². The minimum absolute atomic E-state index is 0.0601. The zero-order valence-electron chi connectivity index (χ0n) is 22.9. The van der Waals surface area contributed by atoms with Crippen LogP contribution in [0.5, 0.6) is 0 Å². The maximum atomic E-state index is 14.8. The van der Waals surface area contributed by atoms with Gasteiger partial charge in [-0.1, -0.05) is 30.3 Å². The van der Waals surface area contributed by atoms with Crippen LogP contribution in [-0.2, 0) is 28.6 Å². The number of amides is 3. The topological polar surface area (TPSA) is 78.5 Å². The van der Waals surface area contributed by atoms with Crippen LogP contribution in [0.2, 0.25) is 0 Å². The van der Waals surface area contributed by atoms with Crippen molar-refractivity contribution in [3.05, 3.63) is 100 Å². The second kappa shape index (κ2) is 12.4. The van der Waals surface area contributed by atoms with Crippen molar-refractivity contribution in [1.82, 2.24) is 10.6 Å². The summed E-state index contributed by atoms with van der Waals surface area (Å²) in [6.45, 7) is 2.98. The number of hydrogen-bond acceptors (Lipinski definition) is 3. The molecule has 6 nitrogen and oxygen atoms in total. The van der Waals surface area contributed by atoms with Crippen LogP contribution in [0.1, 0.15) is 47.3 Å². The van der Waals surface area contributed by atoms with Crippen molar-refractivity contribution in [2.75, 3.05) is 4.90 Å². The molecule has 0 bridgehead atoms. The lowest BCUT2D eigenvalue weighted by Gasteiger charge is -2.30. The van der Waals surface area contributed by atoms with E-state index in [-0.39, 0.29) is 18.4 Å². The minimum atomic E-state index is -4.90. The Bertz CT molecular complexity index is 1560. The molecule has 0 radical (unpaired) electrons. The van der Waals surface area contributed by atoms with Crippen LogP contribution in [0.15, 0.2) is 54.6 Å². The van der Waals surface area contributed by atoms with E-state index in [1.807, 2.05) is 0 Å². The molecule has 3 amide bonds. The van der Waals surface area contributed by atoms with Gasteiger partial charge in [-0.25, -0.2) is 17.6 Å². The van der Waals surface area contributed by atoms with Crippen LogP contribution < -0.4 is 15.5 Å². The molecule has 3 aromatic rings. The van der Waals surface area contributed by atoms with Gasteiger partial charge in [0.2, 0.25) is 11.8 Å². The third-order valence-electron chi connectivity index (χ3n) is 7.01. The molecule has 1 aliphatic rings. The lowest BCUT2D eigenvalue weighted by molar-refractivity contribution is -0.138. The summed E-state index contributed by atoms with van der Waals surface area (Å²) < 4.78 is 98.8. The first-order valence-corrected chi connectivity index (χ1v) is 13.2. The number of anilines is 1. The maximum absolute atomic E-state index is 14.8. The SMILES string of the molecule is CC(C)N1C(=O)[C@H](NC(=O)[C@@H](Cc2ccccc2F)NC(=O)c2ccccc2C(F)(F)F)CCc2c(F)c(F)cc(F)c21. The highest BCUT2D eigenvalue weighted by Gasteiger charge is 2.39. The predicted octanol–water partition coefficient (Wildman–Crippen LogP) is 5.48. The molecular weight excluding hydrogens is 583 g/mol. The van der Waals surface area contributed by atoms with Crippen LogP contribution in [0.4, 0.5) is 36.4 Å². The Morgan fingerprint density at radius 2 is 1.60 bits per heavy atom. The van der Waals surface area contributed by atoms with E-state index in [4.69, 9.17) is 0 Å². The van der Waals surface area contributed by atoms with Crippen molar-refractivity contribution in [2.24, 2.45) is 0 Å². The fourth-order valence-electron chi connectivity index (χ4n) is 4.99. The summed E-state index contributed by atoms with van der Waals surface area (Å²) in [5.74, 6) is -7.98. The number of carbonyl (C=O) groups excluding carboxylic acids is 3. The average molecular weight is 610 g/mol. The smallest absolute Gasteiger partial charge is 0.342 e. The number of nitrogens with zero attached hydrogens (tertiary/aromatic N) is 1. The molecule has 4 rings (SSSR count).